The van der Waals surface area contributed by atoms with Gasteiger partial charge in [-0.15, -0.1) is 0 Å². The third kappa shape index (κ3) is 4.80. The maximum absolute atomic E-state index is 13.2. The number of fused-ring (bicyclic) bond motifs is 1. The quantitative estimate of drug-likeness (QED) is 0.271. The summed E-state index contributed by atoms with van der Waals surface area (Å²) in [7, 11) is 3.27. The highest BCUT2D eigenvalue weighted by Gasteiger charge is 2.32. The minimum atomic E-state index is -0.378. The number of halogens is 2. The van der Waals surface area contributed by atoms with E-state index in [-0.39, 0.29) is 17.3 Å². The lowest BCUT2D eigenvalue weighted by Crippen LogP contribution is -2.36. The van der Waals surface area contributed by atoms with Gasteiger partial charge < -0.3 is 9.64 Å². The Kier molecular flexibility index (Phi) is 6.55. The predicted molar refractivity (Wildman–Crippen MR) is 132 cm³/mol. The average Bonchev–Trinajstić information content (AvgIpc) is 2.83. The number of carbonyl (C=O) groups is 2. The molecule has 0 aliphatic carbocycles. The first-order chi connectivity index (χ1) is 15.9. The van der Waals surface area contributed by atoms with E-state index in [1.165, 1.54) is 11.0 Å². The van der Waals surface area contributed by atoms with Crippen LogP contribution in [0.2, 0.25) is 10.0 Å². The summed E-state index contributed by atoms with van der Waals surface area (Å²) in [4.78, 5) is 27.5. The van der Waals surface area contributed by atoms with Crippen LogP contribution in [0.4, 0.5) is 5.69 Å². The Balaban J connectivity index is 1.62. The van der Waals surface area contributed by atoms with Crippen molar-refractivity contribution in [1.82, 2.24) is 0 Å². The summed E-state index contributed by atoms with van der Waals surface area (Å²) in [5.74, 6) is 6.31. The molecule has 0 saturated carbocycles. The first-order valence-electron chi connectivity index (χ1n) is 10.1. The number of rotatable bonds is 3. The van der Waals surface area contributed by atoms with Gasteiger partial charge in [0.2, 0.25) is 5.78 Å². The number of likely N-dealkylation sites (N-methyl/N-ethyl adjacent to an activating group) is 1. The second kappa shape index (κ2) is 9.54. The highest BCUT2D eigenvalue weighted by molar-refractivity contribution is 6.42. The Labute approximate surface area is 202 Å². The molecule has 0 fully saturated rings. The fourth-order valence-electron chi connectivity index (χ4n) is 3.51. The summed E-state index contributed by atoms with van der Waals surface area (Å²) in [6, 6.07) is 17.9. The molecule has 0 spiro atoms. The summed E-state index contributed by atoms with van der Waals surface area (Å²) in [6.07, 6.45) is 2.10. The van der Waals surface area contributed by atoms with Crippen LogP contribution in [0.3, 0.4) is 0 Å². The topological polar surface area (TPSA) is 46.6 Å². The molecule has 4 rings (SSSR count). The molecule has 0 radical (unpaired) electrons. The number of hydrogen-bond donors (Lipinski definition) is 0. The molecule has 0 aromatic heterocycles. The number of nitrogens with zero attached hydrogens (tertiary/aromatic N) is 1. The normalized spacial score (nSPS) is 14.1. The van der Waals surface area contributed by atoms with E-state index in [1.807, 2.05) is 30.3 Å². The van der Waals surface area contributed by atoms with Crippen molar-refractivity contribution >= 4 is 46.7 Å². The van der Waals surface area contributed by atoms with Gasteiger partial charge in [0.1, 0.15) is 5.75 Å². The van der Waals surface area contributed by atoms with Gasteiger partial charge in [-0.2, -0.15) is 0 Å². The zero-order chi connectivity index (χ0) is 23.5. The number of ketones is 1. The van der Waals surface area contributed by atoms with Gasteiger partial charge >= 0.3 is 0 Å². The Morgan fingerprint density at radius 2 is 1.73 bits per heavy atom. The maximum atomic E-state index is 13.2. The fourth-order valence-corrected chi connectivity index (χ4v) is 3.81. The zero-order valence-electron chi connectivity index (χ0n) is 18.0. The molecule has 164 valence electrons. The molecule has 3 aromatic rings. The van der Waals surface area contributed by atoms with Crippen LogP contribution in [0, 0.1) is 11.8 Å². The molecule has 0 unspecified atom stereocenters. The number of ether oxygens (including phenoxy) is 1. The van der Waals surface area contributed by atoms with E-state index in [9.17, 15) is 9.59 Å². The Morgan fingerprint density at radius 1 is 0.970 bits per heavy atom. The van der Waals surface area contributed by atoms with Crippen LogP contribution in [0.15, 0.2) is 66.2 Å². The fraction of sp³-hybridized carbons (Fsp3) is 0.111. The predicted octanol–water partition coefficient (Wildman–Crippen LogP) is 5.84. The van der Waals surface area contributed by atoms with Gasteiger partial charge in [0.05, 0.1) is 28.4 Å². The van der Waals surface area contributed by atoms with Crippen molar-refractivity contribution in [2.75, 3.05) is 19.1 Å². The molecule has 1 aliphatic rings. The Bertz CT molecular complexity index is 1350. The molecule has 0 bridgehead atoms. The van der Waals surface area contributed by atoms with E-state index in [2.05, 4.69) is 11.8 Å². The molecule has 0 N–H and O–H groups in total. The van der Waals surface area contributed by atoms with E-state index in [0.29, 0.717) is 38.8 Å². The van der Waals surface area contributed by atoms with Crippen molar-refractivity contribution in [2.45, 2.75) is 6.42 Å². The molecule has 4 nitrogen and oxygen atoms in total. The minimum absolute atomic E-state index is 0.0618. The lowest BCUT2D eigenvalue weighted by atomic mass is 9.92. The summed E-state index contributed by atoms with van der Waals surface area (Å²) in [5.41, 5.74) is 3.43. The molecule has 1 heterocycles. The van der Waals surface area contributed by atoms with Gasteiger partial charge in [0.25, 0.3) is 5.91 Å². The maximum Gasteiger partial charge on any atom is 0.262 e. The summed E-state index contributed by atoms with van der Waals surface area (Å²) < 4.78 is 5.17. The second-order valence-electron chi connectivity index (χ2n) is 7.48. The first-order valence-corrected chi connectivity index (χ1v) is 10.9. The minimum Gasteiger partial charge on any atom is -0.497 e. The van der Waals surface area contributed by atoms with E-state index < -0.39 is 0 Å². The highest BCUT2D eigenvalue weighted by Crippen LogP contribution is 2.32. The number of anilines is 1. The molecular weight excluding hydrogens is 457 g/mol. The number of benzene rings is 3. The van der Waals surface area contributed by atoms with Crippen molar-refractivity contribution < 1.29 is 14.3 Å². The third-order valence-corrected chi connectivity index (χ3v) is 6.06. The lowest BCUT2D eigenvalue weighted by molar-refractivity contribution is -0.114. The Morgan fingerprint density at radius 3 is 2.42 bits per heavy atom. The van der Waals surface area contributed by atoms with Crippen molar-refractivity contribution in [3.05, 3.63) is 98.5 Å². The monoisotopic (exact) mass is 475 g/mol. The SMILES string of the molecule is COc1ccc(CC#Cc2ccc3c(c2)C(=O)/C(=C/c2ccc(Cl)c(Cl)c2)C(=O)N3C)cc1. The van der Waals surface area contributed by atoms with Gasteiger partial charge in [-0.25, -0.2) is 0 Å². The molecule has 1 aliphatic heterocycles. The number of methoxy groups -OCH3 is 1. The molecule has 33 heavy (non-hydrogen) atoms. The largest absolute Gasteiger partial charge is 0.497 e. The molecule has 0 saturated heterocycles. The molecule has 3 aromatic carbocycles. The van der Waals surface area contributed by atoms with Crippen LogP contribution in [0.25, 0.3) is 6.08 Å². The third-order valence-electron chi connectivity index (χ3n) is 5.32. The van der Waals surface area contributed by atoms with E-state index in [0.717, 1.165) is 11.3 Å². The van der Waals surface area contributed by atoms with Crippen molar-refractivity contribution in [3.8, 4) is 17.6 Å². The number of hydrogen-bond acceptors (Lipinski definition) is 3. The van der Waals surface area contributed by atoms with Crippen LogP contribution >= 0.6 is 23.2 Å². The van der Waals surface area contributed by atoms with Crippen molar-refractivity contribution in [1.29, 1.82) is 0 Å². The molecule has 1 amide bonds. The van der Waals surface area contributed by atoms with E-state index >= 15 is 0 Å². The summed E-state index contributed by atoms with van der Waals surface area (Å²) >= 11 is 12.0. The van der Waals surface area contributed by atoms with Gasteiger partial charge in [-0.05, 0) is 59.7 Å². The zero-order valence-corrected chi connectivity index (χ0v) is 19.5. The van der Waals surface area contributed by atoms with Gasteiger partial charge in [0.15, 0.2) is 0 Å². The van der Waals surface area contributed by atoms with Gasteiger partial charge in [-0.1, -0.05) is 53.2 Å². The summed E-state index contributed by atoms with van der Waals surface area (Å²) in [6.45, 7) is 0. The molecular formula is C27H19Cl2NO3. The molecule has 0 atom stereocenters. The van der Waals surface area contributed by atoms with Crippen LogP contribution in [0.5, 0.6) is 5.75 Å². The first kappa shape index (κ1) is 22.7. The standard InChI is InChI=1S/C27H19Cl2NO3/c1-30-25-13-9-18(5-3-4-17-6-10-20(33-2)11-7-17)14-21(25)26(31)22(27(30)32)15-19-8-12-23(28)24(29)16-19/h6-16H,4H2,1-2H3/b22-15-. The second-order valence-corrected chi connectivity index (χ2v) is 8.30. The Hall–Kier alpha value is -3.52. The van der Waals surface area contributed by atoms with E-state index in [1.54, 1.807) is 44.5 Å². The van der Waals surface area contributed by atoms with E-state index in [4.69, 9.17) is 27.9 Å². The van der Waals surface area contributed by atoms with Crippen LogP contribution in [-0.2, 0) is 11.2 Å². The highest BCUT2D eigenvalue weighted by atomic mass is 35.5. The van der Waals surface area contributed by atoms with Crippen LogP contribution in [0.1, 0.15) is 27.0 Å². The summed E-state index contributed by atoms with van der Waals surface area (Å²) in [5, 5.41) is 0.755. The van der Waals surface area contributed by atoms with Crippen LogP contribution in [-0.4, -0.2) is 25.8 Å². The average molecular weight is 476 g/mol. The van der Waals surface area contributed by atoms with Crippen molar-refractivity contribution in [2.24, 2.45) is 0 Å². The molecule has 6 heteroatoms. The van der Waals surface area contributed by atoms with Gasteiger partial charge in [-0.3, -0.25) is 9.59 Å². The van der Waals surface area contributed by atoms with Gasteiger partial charge in [0, 0.05) is 24.6 Å². The van der Waals surface area contributed by atoms with Crippen molar-refractivity contribution in [3.63, 3.8) is 0 Å². The lowest BCUT2D eigenvalue weighted by Gasteiger charge is -2.26. The smallest absolute Gasteiger partial charge is 0.262 e. The number of Topliss-reactive ketones (excluding diaryl/α,β-unsaturated/α-hetero) is 1. The number of amides is 1. The number of carbonyl (C=O) groups excluding carboxylic acids is 2. The van der Waals surface area contributed by atoms with Crippen LogP contribution < -0.4 is 9.64 Å².